The Hall–Kier alpha value is -1.06. The Morgan fingerprint density at radius 3 is 2.16 bits per heavy atom. The van der Waals surface area contributed by atoms with Gasteiger partial charge in [-0.3, -0.25) is 9.59 Å². The van der Waals surface area contributed by atoms with Crippen molar-refractivity contribution in [2.24, 2.45) is 11.8 Å². The van der Waals surface area contributed by atoms with Gasteiger partial charge < -0.3 is 9.47 Å². The summed E-state index contributed by atoms with van der Waals surface area (Å²) in [5, 5.41) is 0. The van der Waals surface area contributed by atoms with Crippen LogP contribution in [0.25, 0.3) is 0 Å². The molecule has 0 aromatic rings. The van der Waals surface area contributed by atoms with E-state index >= 15 is 0 Å². The highest BCUT2D eigenvalue weighted by molar-refractivity contribution is 5.77. The number of carbonyl (C=O) groups excluding carboxylic acids is 2. The number of ether oxygens (including phenoxy) is 2. The molecule has 0 spiro atoms. The van der Waals surface area contributed by atoms with Crippen molar-refractivity contribution in [3.8, 4) is 0 Å². The third-order valence-electron chi connectivity index (χ3n) is 3.43. The average Bonchev–Trinajstić information content (AvgIpc) is 2.32. The Kier molecular flexibility index (Phi) is 6.89. The summed E-state index contributed by atoms with van der Waals surface area (Å²) in [4.78, 5) is 22.9. The monoisotopic (exact) mass is 270 g/mol. The first-order chi connectivity index (χ1) is 9.01. The number of hydrogen-bond donors (Lipinski definition) is 0. The van der Waals surface area contributed by atoms with Crippen molar-refractivity contribution in [3.63, 3.8) is 0 Å². The van der Waals surface area contributed by atoms with Crippen LogP contribution in [0, 0.1) is 11.8 Å². The molecule has 0 saturated heterocycles. The lowest BCUT2D eigenvalue weighted by Gasteiger charge is -2.31. The van der Waals surface area contributed by atoms with E-state index in [0.717, 1.165) is 19.3 Å². The molecule has 0 aromatic heterocycles. The Labute approximate surface area is 115 Å². The summed E-state index contributed by atoms with van der Waals surface area (Å²) < 4.78 is 10.4. The van der Waals surface area contributed by atoms with Crippen LogP contribution < -0.4 is 0 Å². The molecule has 4 nitrogen and oxygen atoms in total. The maximum atomic E-state index is 11.7. The highest BCUT2D eigenvalue weighted by Crippen LogP contribution is 2.30. The van der Waals surface area contributed by atoms with E-state index < -0.39 is 0 Å². The number of esters is 2. The summed E-state index contributed by atoms with van der Waals surface area (Å²) in [5.41, 5.74) is 0. The van der Waals surface area contributed by atoms with E-state index in [1.807, 2.05) is 6.92 Å². The van der Waals surface area contributed by atoms with Crippen molar-refractivity contribution in [2.45, 2.75) is 65.4 Å². The standard InChI is InChI=1S/C15H26O4/c1-4-7-18-14(16)5-6-15(17)19-13-9-11(2)8-12(3)10-13/h11-13H,4-10H2,1-3H3. The number of hydrogen-bond acceptors (Lipinski definition) is 4. The van der Waals surface area contributed by atoms with Crippen LogP contribution in [-0.4, -0.2) is 24.6 Å². The first-order valence-electron chi connectivity index (χ1n) is 7.36. The van der Waals surface area contributed by atoms with Crippen molar-refractivity contribution >= 4 is 11.9 Å². The molecule has 0 radical (unpaired) electrons. The Balaban J connectivity index is 2.21. The second-order valence-electron chi connectivity index (χ2n) is 5.75. The molecular weight excluding hydrogens is 244 g/mol. The third kappa shape index (κ3) is 6.60. The van der Waals surface area contributed by atoms with Gasteiger partial charge in [-0.1, -0.05) is 20.8 Å². The normalized spacial score (nSPS) is 26.8. The fourth-order valence-electron chi connectivity index (χ4n) is 2.71. The van der Waals surface area contributed by atoms with Crippen molar-refractivity contribution < 1.29 is 19.1 Å². The van der Waals surface area contributed by atoms with E-state index in [1.165, 1.54) is 6.42 Å². The molecule has 1 fully saturated rings. The van der Waals surface area contributed by atoms with E-state index in [0.29, 0.717) is 18.4 Å². The van der Waals surface area contributed by atoms with E-state index in [-0.39, 0.29) is 30.9 Å². The van der Waals surface area contributed by atoms with E-state index in [4.69, 9.17) is 9.47 Å². The zero-order valence-electron chi connectivity index (χ0n) is 12.3. The predicted molar refractivity (Wildman–Crippen MR) is 72.5 cm³/mol. The molecule has 0 aromatic carbocycles. The first-order valence-corrected chi connectivity index (χ1v) is 7.36. The lowest BCUT2D eigenvalue weighted by Crippen LogP contribution is -2.28. The minimum atomic E-state index is -0.316. The van der Waals surface area contributed by atoms with Crippen LogP contribution in [0.3, 0.4) is 0 Å². The maximum absolute atomic E-state index is 11.7. The SMILES string of the molecule is CCCOC(=O)CCC(=O)OC1CC(C)CC(C)C1. The van der Waals surface area contributed by atoms with E-state index in [1.54, 1.807) is 0 Å². The summed E-state index contributed by atoms with van der Waals surface area (Å²) in [6.07, 6.45) is 4.16. The van der Waals surface area contributed by atoms with Crippen LogP contribution in [0.4, 0.5) is 0 Å². The number of rotatable bonds is 6. The molecule has 110 valence electrons. The summed E-state index contributed by atoms with van der Waals surface area (Å²) >= 11 is 0. The van der Waals surface area contributed by atoms with E-state index in [2.05, 4.69) is 13.8 Å². The molecule has 2 atom stereocenters. The fraction of sp³-hybridized carbons (Fsp3) is 0.867. The Morgan fingerprint density at radius 1 is 1.00 bits per heavy atom. The van der Waals surface area contributed by atoms with Gasteiger partial charge in [-0.05, 0) is 37.5 Å². The lowest BCUT2D eigenvalue weighted by atomic mass is 9.82. The smallest absolute Gasteiger partial charge is 0.306 e. The number of carbonyl (C=O) groups is 2. The molecule has 0 aliphatic heterocycles. The Morgan fingerprint density at radius 2 is 1.58 bits per heavy atom. The molecule has 0 bridgehead atoms. The molecule has 0 amide bonds. The van der Waals surface area contributed by atoms with Crippen LogP contribution in [0.15, 0.2) is 0 Å². The van der Waals surface area contributed by atoms with E-state index in [9.17, 15) is 9.59 Å². The minimum absolute atomic E-state index is 0.0258. The predicted octanol–water partition coefficient (Wildman–Crippen LogP) is 3.09. The van der Waals surface area contributed by atoms with Gasteiger partial charge in [-0.2, -0.15) is 0 Å². The highest BCUT2D eigenvalue weighted by atomic mass is 16.5. The van der Waals surface area contributed by atoms with Crippen LogP contribution >= 0.6 is 0 Å². The lowest BCUT2D eigenvalue weighted by molar-refractivity contribution is -0.155. The topological polar surface area (TPSA) is 52.6 Å². The Bertz CT molecular complexity index is 291. The molecular formula is C15H26O4. The van der Waals surface area contributed by atoms with Gasteiger partial charge in [0, 0.05) is 0 Å². The largest absolute Gasteiger partial charge is 0.466 e. The fourth-order valence-corrected chi connectivity index (χ4v) is 2.71. The van der Waals surface area contributed by atoms with Gasteiger partial charge >= 0.3 is 11.9 Å². The molecule has 1 aliphatic rings. The maximum Gasteiger partial charge on any atom is 0.306 e. The van der Waals surface area contributed by atoms with Crippen LogP contribution in [0.2, 0.25) is 0 Å². The van der Waals surface area contributed by atoms with Gasteiger partial charge in [0.25, 0.3) is 0 Å². The zero-order valence-corrected chi connectivity index (χ0v) is 12.3. The van der Waals surface area contributed by atoms with Gasteiger partial charge in [0.1, 0.15) is 6.10 Å². The third-order valence-corrected chi connectivity index (χ3v) is 3.43. The van der Waals surface area contributed by atoms with Crippen molar-refractivity contribution in [3.05, 3.63) is 0 Å². The molecule has 2 unspecified atom stereocenters. The quantitative estimate of drug-likeness (QED) is 0.696. The van der Waals surface area contributed by atoms with Crippen LogP contribution in [0.5, 0.6) is 0 Å². The van der Waals surface area contributed by atoms with Gasteiger partial charge in [0.05, 0.1) is 19.4 Å². The summed E-state index contributed by atoms with van der Waals surface area (Å²) in [5.74, 6) is 0.621. The molecule has 19 heavy (non-hydrogen) atoms. The minimum Gasteiger partial charge on any atom is -0.466 e. The molecule has 0 heterocycles. The van der Waals surface area contributed by atoms with Crippen LogP contribution in [0.1, 0.15) is 59.3 Å². The molecule has 1 rings (SSSR count). The molecule has 1 aliphatic carbocycles. The summed E-state index contributed by atoms with van der Waals surface area (Å²) in [6, 6.07) is 0. The van der Waals surface area contributed by atoms with Crippen molar-refractivity contribution in [2.75, 3.05) is 6.61 Å². The second-order valence-corrected chi connectivity index (χ2v) is 5.75. The van der Waals surface area contributed by atoms with Gasteiger partial charge in [0.2, 0.25) is 0 Å². The summed E-state index contributed by atoms with van der Waals surface area (Å²) in [6.45, 7) is 6.75. The van der Waals surface area contributed by atoms with Gasteiger partial charge in [-0.25, -0.2) is 0 Å². The average molecular weight is 270 g/mol. The molecule has 4 heteroatoms. The van der Waals surface area contributed by atoms with Crippen molar-refractivity contribution in [1.29, 1.82) is 0 Å². The molecule has 1 saturated carbocycles. The summed E-state index contributed by atoms with van der Waals surface area (Å²) in [7, 11) is 0. The van der Waals surface area contributed by atoms with Crippen molar-refractivity contribution in [1.82, 2.24) is 0 Å². The second kappa shape index (κ2) is 8.18. The van der Waals surface area contributed by atoms with Gasteiger partial charge in [-0.15, -0.1) is 0 Å². The van der Waals surface area contributed by atoms with Gasteiger partial charge in [0.15, 0.2) is 0 Å². The zero-order chi connectivity index (χ0) is 14.3. The first kappa shape index (κ1) is 16.0. The molecule has 0 N–H and O–H groups in total. The van der Waals surface area contributed by atoms with Crippen LogP contribution in [-0.2, 0) is 19.1 Å². The highest BCUT2D eigenvalue weighted by Gasteiger charge is 2.26.